The highest BCUT2D eigenvalue weighted by atomic mass is 16.5. The molecule has 4 heteroatoms. The van der Waals surface area contributed by atoms with Gasteiger partial charge in [-0.25, -0.2) is 4.98 Å². The Hall–Kier alpha value is -4.28. The van der Waals surface area contributed by atoms with Crippen LogP contribution < -0.4 is 10.5 Å². The molecular formula is C26H19N3O. The van der Waals surface area contributed by atoms with Gasteiger partial charge in [-0.3, -0.25) is 0 Å². The Morgan fingerprint density at radius 1 is 0.967 bits per heavy atom. The van der Waals surface area contributed by atoms with Gasteiger partial charge >= 0.3 is 0 Å². The monoisotopic (exact) mass is 389 g/mol. The van der Waals surface area contributed by atoms with Gasteiger partial charge in [0, 0.05) is 22.4 Å². The van der Waals surface area contributed by atoms with E-state index in [0.717, 1.165) is 33.2 Å². The molecule has 4 nitrogen and oxygen atoms in total. The van der Waals surface area contributed by atoms with Crippen LogP contribution in [0.15, 0.2) is 66.7 Å². The molecule has 0 aliphatic carbocycles. The molecule has 2 N–H and O–H groups in total. The zero-order chi connectivity index (χ0) is 21.1. The number of nitrogens with zero attached hydrogens (tertiary/aromatic N) is 2. The Balaban J connectivity index is 2.20. The van der Waals surface area contributed by atoms with Crippen LogP contribution in [0.1, 0.15) is 11.3 Å². The van der Waals surface area contributed by atoms with Crippen molar-refractivity contribution in [1.29, 1.82) is 5.26 Å². The Morgan fingerprint density at radius 3 is 2.43 bits per heavy atom. The van der Waals surface area contributed by atoms with Crippen molar-refractivity contribution in [1.82, 2.24) is 4.98 Å². The van der Waals surface area contributed by atoms with Gasteiger partial charge in [-0.2, -0.15) is 5.26 Å². The van der Waals surface area contributed by atoms with Gasteiger partial charge in [0.1, 0.15) is 29.8 Å². The molecule has 0 spiro atoms. The van der Waals surface area contributed by atoms with Gasteiger partial charge < -0.3 is 10.5 Å². The van der Waals surface area contributed by atoms with E-state index in [9.17, 15) is 5.26 Å². The van der Waals surface area contributed by atoms with Gasteiger partial charge in [0.15, 0.2) is 0 Å². The summed E-state index contributed by atoms with van der Waals surface area (Å²) in [5.41, 5.74) is 10.6. The molecule has 3 aromatic carbocycles. The first-order valence-electron chi connectivity index (χ1n) is 9.49. The van der Waals surface area contributed by atoms with Crippen LogP contribution in [0.4, 0.5) is 5.82 Å². The van der Waals surface area contributed by atoms with E-state index < -0.39 is 0 Å². The van der Waals surface area contributed by atoms with E-state index in [1.54, 1.807) is 0 Å². The normalized spacial score (nSPS) is 10.4. The zero-order valence-corrected chi connectivity index (χ0v) is 16.5. The quantitative estimate of drug-likeness (QED) is 0.478. The van der Waals surface area contributed by atoms with Crippen molar-refractivity contribution >= 4 is 16.6 Å². The number of hydrogen-bond donors (Lipinski definition) is 1. The number of benzene rings is 3. The predicted octanol–water partition coefficient (Wildman–Crippen LogP) is 5.34. The number of aromatic nitrogens is 1. The molecule has 0 atom stereocenters. The molecule has 0 aliphatic heterocycles. The summed E-state index contributed by atoms with van der Waals surface area (Å²) in [6.07, 6.45) is 5.45. The number of anilines is 1. The third-order valence-corrected chi connectivity index (χ3v) is 5.03. The smallest absolute Gasteiger partial charge is 0.148 e. The Labute approximate surface area is 175 Å². The summed E-state index contributed by atoms with van der Waals surface area (Å²) in [6.45, 7) is 2.02. The SMILES string of the molecule is C#CCOc1ccc2ccccc2c1-c1c(C#N)c(N)nc(C)c1-c1ccccc1. The molecule has 0 aliphatic rings. The molecule has 4 rings (SSSR count). The highest BCUT2D eigenvalue weighted by molar-refractivity contribution is 6.06. The molecule has 30 heavy (non-hydrogen) atoms. The second-order valence-electron chi connectivity index (χ2n) is 6.84. The molecule has 0 radical (unpaired) electrons. The Bertz CT molecular complexity index is 1330. The molecule has 144 valence electrons. The molecule has 0 unspecified atom stereocenters. The molecule has 1 heterocycles. The maximum absolute atomic E-state index is 10.0. The van der Waals surface area contributed by atoms with Crippen molar-refractivity contribution in [3.05, 3.63) is 78.0 Å². The number of hydrogen-bond acceptors (Lipinski definition) is 4. The highest BCUT2D eigenvalue weighted by Gasteiger charge is 2.24. The average Bonchev–Trinajstić information content (AvgIpc) is 2.77. The minimum Gasteiger partial charge on any atom is -0.480 e. The standard InChI is InChI=1S/C26H19N3O/c1-3-15-30-22-14-13-18-9-7-8-12-20(18)24(22)25-21(16-27)26(28)29-17(2)23(25)19-10-5-4-6-11-19/h1,4-14H,15H2,2H3,(H2,28,29). The molecule has 4 aromatic rings. The first-order valence-corrected chi connectivity index (χ1v) is 9.49. The van der Waals surface area contributed by atoms with Gasteiger partial charge in [-0.1, -0.05) is 66.6 Å². The summed E-state index contributed by atoms with van der Waals surface area (Å²) in [5, 5.41) is 12.0. The number of pyridine rings is 1. The Kier molecular flexibility index (Phi) is 5.08. The molecule has 0 amide bonds. The van der Waals surface area contributed by atoms with Crippen LogP contribution >= 0.6 is 0 Å². The van der Waals surface area contributed by atoms with Crippen LogP contribution in [0.3, 0.4) is 0 Å². The number of fused-ring (bicyclic) bond motifs is 1. The molecular weight excluding hydrogens is 370 g/mol. The molecule has 0 saturated heterocycles. The lowest BCUT2D eigenvalue weighted by Crippen LogP contribution is -2.05. The number of nitrogens with two attached hydrogens (primary N) is 1. The third kappa shape index (κ3) is 3.21. The summed E-state index contributed by atoms with van der Waals surface area (Å²) in [4.78, 5) is 4.46. The maximum atomic E-state index is 10.0. The predicted molar refractivity (Wildman–Crippen MR) is 121 cm³/mol. The first-order chi connectivity index (χ1) is 14.7. The van der Waals surface area contributed by atoms with Gasteiger partial charge in [-0.05, 0) is 29.3 Å². The summed E-state index contributed by atoms with van der Waals surface area (Å²) in [6, 6.07) is 24.0. The van der Waals surface area contributed by atoms with E-state index in [1.165, 1.54) is 0 Å². The number of aryl methyl sites for hydroxylation is 1. The summed E-state index contributed by atoms with van der Waals surface area (Å²) >= 11 is 0. The van der Waals surface area contributed by atoms with Gasteiger partial charge in [0.25, 0.3) is 0 Å². The largest absolute Gasteiger partial charge is 0.480 e. The van der Waals surface area contributed by atoms with Crippen molar-refractivity contribution in [2.45, 2.75) is 6.92 Å². The minimum atomic E-state index is 0.118. The fraction of sp³-hybridized carbons (Fsp3) is 0.0769. The van der Waals surface area contributed by atoms with Crippen LogP contribution in [0.5, 0.6) is 5.75 Å². The molecule has 1 aromatic heterocycles. The van der Waals surface area contributed by atoms with Gasteiger partial charge in [0.05, 0.1) is 0 Å². The van der Waals surface area contributed by atoms with Gasteiger partial charge in [-0.15, -0.1) is 6.42 Å². The lowest BCUT2D eigenvalue weighted by atomic mass is 9.87. The average molecular weight is 389 g/mol. The third-order valence-electron chi connectivity index (χ3n) is 5.03. The number of nitriles is 1. The Morgan fingerprint density at radius 2 is 1.70 bits per heavy atom. The van der Waals surface area contributed by atoms with Crippen molar-refractivity contribution < 1.29 is 4.74 Å². The van der Waals surface area contributed by atoms with Crippen LogP contribution in [-0.4, -0.2) is 11.6 Å². The number of rotatable bonds is 4. The number of nitrogen functional groups attached to an aromatic ring is 1. The number of terminal acetylenes is 1. The highest BCUT2D eigenvalue weighted by Crippen LogP contribution is 2.45. The maximum Gasteiger partial charge on any atom is 0.148 e. The topological polar surface area (TPSA) is 71.9 Å². The van der Waals surface area contributed by atoms with E-state index >= 15 is 0 Å². The zero-order valence-electron chi connectivity index (χ0n) is 16.5. The van der Waals surface area contributed by atoms with E-state index in [0.29, 0.717) is 16.9 Å². The summed E-state index contributed by atoms with van der Waals surface area (Å²) in [7, 11) is 0. The first kappa shape index (κ1) is 19.1. The van der Waals surface area contributed by atoms with Crippen molar-refractivity contribution in [2.75, 3.05) is 12.3 Å². The van der Waals surface area contributed by atoms with Crippen LogP contribution in [0.2, 0.25) is 0 Å². The summed E-state index contributed by atoms with van der Waals surface area (Å²) < 4.78 is 5.91. The lowest BCUT2D eigenvalue weighted by Gasteiger charge is -2.20. The molecule has 0 bridgehead atoms. The fourth-order valence-corrected chi connectivity index (χ4v) is 3.80. The van der Waals surface area contributed by atoms with E-state index in [4.69, 9.17) is 16.9 Å². The van der Waals surface area contributed by atoms with Crippen LogP contribution in [-0.2, 0) is 0 Å². The van der Waals surface area contributed by atoms with E-state index in [-0.39, 0.29) is 12.4 Å². The fourth-order valence-electron chi connectivity index (χ4n) is 3.80. The number of ether oxygens (including phenoxy) is 1. The van der Waals surface area contributed by atoms with Crippen LogP contribution in [0.25, 0.3) is 33.0 Å². The van der Waals surface area contributed by atoms with Crippen molar-refractivity contribution in [2.24, 2.45) is 0 Å². The van der Waals surface area contributed by atoms with Crippen molar-refractivity contribution in [3.63, 3.8) is 0 Å². The van der Waals surface area contributed by atoms with Crippen molar-refractivity contribution in [3.8, 4) is 46.4 Å². The second-order valence-corrected chi connectivity index (χ2v) is 6.84. The lowest BCUT2D eigenvalue weighted by molar-refractivity contribution is 0.372. The van der Waals surface area contributed by atoms with Gasteiger partial charge in [0.2, 0.25) is 0 Å². The van der Waals surface area contributed by atoms with Crippen LogP contribution in [0, 0.1) is 30.6 Å². The minimum absolute atomic E-state index is 0.118. The second kappa shape index (κ2) is 7.99. The summed E-state index contributed by atoms with van der Waals surface area (Å²) in [5.74, 6) is 3.31. The van der Waals surface area contributed by atoms with E-state index in [2.05, 4.69) is 17.0 Å². The molecule has 0 fully saturated rings. The molecule has 0 saturated carbocycles. The van der Waals surface area contributed by atoms with E-state index in [1.807, 2.05) is 73.7 Å².